The molecule has 1 fully saturated rings. The maximum Gasteiger partial charge on any atom is 0.237 e. The van der Waals surface area contributed by atoms with Gasteiger partial charge in [-0.3, -0.25) is 4.79 Å². The molecule has 130 valence electrons. The van der Waals surface area contributed by atoms with Gasteiger partial charge in [0.15, 0.2) is 0 Å². The van der Waals surface area contributed by atoms with Crippen LogP contribution in [0.2, 0.25) is 0 Å². The molecular weight excluding hydrogens is 312 g/mol. The number of nitrogens with two attached hydrogens (primary N) is 1. The van der Waals surface area contributed by atoms with Crippen LogP contribution in [-0.2, 0) is 11.3 Å². The first-order chi connectivity index (χ1) is 10.5. The van der Waals surface area contributed by atoms with Gasteiger partial charge in [-0.2, -0.15) is 0 Å². The number of carbonyl (C=O) groups excluding carboxylic acids is 1. The predicted octanol–water partition coefficient (Wildman–Crippen LogP) is 3.20. The molecular formula is C18H29ClN2O2. The third kappa shape index (κ3) is 6.80. The topological polar surface area (TPSA) is 64.4 Å². The number of benzene rings is 1. The highest BCUT2D eigenvalue weighted by Gasteiger charge is 2.22. The first-order valence-electron chi connectivity index (χ1n) is 8.21. The van der Waals surface area contributed by atoms with Crippen molar-refractivity contribution in [1.82, 2.24) is 5.32 Å². The molecule has 1 atom stereocenters. The Bertz CT molecular complexity index is 516. The van der Waals surface area contributed by atoms with Crippen LogP contribution in [0.15, 0.2) is 18.2 Å². The lowest BCUT2D eigenvalue weighted by Gasteiger charge is -2.16. The standard InChI is InChI=1S/C18H28N2O2.ClH/c1-12(2)8-16(19)18(21)20-10-15-7-4-13(3)9-17(15)22-11-14-5-6-14;/h4,7,9,12,14,16H,5-6,8,10-11,19H2,1-3H3,(H,20,21);1H/t16-;/m0./s1. The summed E-state index contributed by atoms with van der Waals surface area (Å²) in [4.78, 5) is 12.0. The van der Waals surface area contributed by atoms with Crippen molar-refractivity contribution in [2.45, 2.75) is 52.6 Å². The molecule has 1 amide bonds. The Labute approximate surface area is 145 Å². The first-order valence-corrected chi connectivity index (χ1v) is 8.21. The van der Waals surface area contributed by atoms with E-state index >= 15 is 0 Å². The summed E-state index contributed by atoms with van der Waals surface area (Å²) < 4.78 is 5.92. The molecule has 0 radical (unpaired) electrons. The van der Waals surface area contributed by atoms with Crippen LogP contribution in [-0.4, -0.2) is 18.6 Å². The summed E-state index contributed by atoms with van der Waals surface area (Å²) in [7, 11) is 0. The Hall–Kier alpha value is -1.26. The second-order valence-electron chi connectivity index (χ2n) is 6.82. The van der Waals surface area contributed by atoms with Crippen molar-refractivity contribution in [2.75, 3.05) is 6.61 Å². The lowest BCUT2D eigenvalue weighted by Crippen LogP contribution is -2.41. The zero-order valence-electron chi connectivity index (χ0n) is 14.3. The second kappa shape index (κ2) is 9.14. The monoisotopic (exact) mass is 340 g/mol. The normalized spacial score (nSPS) is 15.0. The van der Waals surface area contributed by atoms with E-state index in [4.69, 9.17) is 10.5 Å². The van der Waals surface area contributed by atoms with E-state index in [0.29, 0.717) is 24.8 Å². The van der Waals surface area contributed by atoms with Gasteiger partial charge in [0.1, 0.15) is 5.75 Å². The molecule has 1 saturated carbocycles. The van der Waals surface area contributed by atoms with Crippen LogP contribution in [0.1, 0.15) is 44.2 Å². The molecule has 3 N–H and O–H groups in total. The van der Waals surface area contributed by atoms with E-state index in [1.165, 1.54) is 12.8 Å². The Morgan fingerprint density at radius 3 is 2.70 bits per heavy atom. The first kappa shape index (κ1) is 19.8. The van der Waals surface area contributed by atoms with E-state index in [1.807, 2.05) is 25.1 Å². The smallest absolute Gasteiger partial charge is 0.237 e. The van der Waals surface area contributed by atoms with E-state index in [-0.39, 0.29) is 18.3 Å². The fourth-order valence-electron chi connectivity index (χ4n) is 2.36. The summed E-state index contributed by atoms with van der Waals surface area (Å²) >= 11 is 0. The molecule has 0 spiro atoms. The van der Waals surface area contributed by atoms with E-state index in [9.17, 15) is 4.79 Å². The van der Waals surface area contributed by atoms with Gasteiger partial charge in [-0.05, 0) is 49.7 Å². The van der Waals surface area contributed by atoms with Crippen LogP contribution >= 0.6 is 12.4 Å². The molecule has 1 aliphatic rings. The minimum Gasteiger partial charge on any atom is -0.493 e. The molecule has 5 heteroatoms. The van der Waals surface area contributed by atoms with Crippen molar-refractivity contribution in [1.29, 1.82) is 0 Å². The lowest BCUT2D eigenvalue weighted by molar-refractivity contribution is -0.122. The second-order valence-corrected chi connectivity index (χ2v) is 6.82. The maximum absolute atomic E-state index is 12.0. The van der Waals surface area contributed by atoms with Crippen LogP contribution in [0.4, 0.5) is 0 Å². The highest BCUT2D eigenvalue weighted by Crippen LogP contribution is 2.30. The third-order valence-corrected chi connectivity index (χ3v) is 3.91. The number of halogens is 1. The Kier molecular flexibility index (Phi) is 7.86. The van der Waals surface area contributed by atoms with Gasteiger partial charge < -0.3 is 15.8 Å². The number of rotatable bonds is 8. The minimum atomic E-state index is -0.443. The summed E-state index contributed by atoms with van der Waals surface area (Å²) in [5.74, 6) is 1.91. The molecule has 0 unspecified atom stereocenters. The highest BCUT2D eigenvalue weighted by molar-refractivity contribution is 5.85. The lowest BCUT2D eigenvalue weighted by atomic mass is 10.0. The predicted molar refractivity (Wildman–Crippen MR) is 95.9 cm³/mol. The molecule has 0 bridgehead atoms. The van der Waals surface area contributed by atoms with Gasteiger partial charge in [0.25, 0.3) is 0 Å². The number of amides is 1. The van der Waals surface area contributed by atoms with Gasteiger partial charge in [-0.15, -0.1) is 12.4 Å². The van der Waals surface area contributed by atoms with Crippen LogP contribution in [0, 0.1) is 18.8 Å². The van der Waals surface area contributed by atoms with E-state index in [1.54, 1.807) is 0 Å². The van der Waals surface area contributed by atoms with Gasteiger partial charge in [0.2, 0.25) is 5.91 Å². The number of aryl methyl sites for hydroxylation is 1. The highest BCUT2D eigenvalue weighted by atomic mass is 35.5. The molecule has 2 rings (SSSR count). The van der Waals surface area contributed by atoms with Crippen LogP contribution in [0.25, 0.3) is 0 Å². The quantitative estimate of drug-likeness (QED) is 0.763. The number of ether oxygens (including phenoxy) is 1. The number of hydrogen-bond donors (Lipinski definition) is 2. The van der Waals surface area contributed by atoms with Crippen LogP contribution < -0.4 is 15.8 Å². The maximum atomic E-state index is 12.0. The summed E-state index contributed by atoms with van der Waals surface area (Å²) in [5.41, 5.74) is 8.08. The average molecular weight is 341 g/mol. The fourth-order valence-corrected chi connectivity index (χ4v) is 2.36. The van der Waals surface area contributed by atoms with Crippen molar-refractivity contribution < 1.29 is 9.53 Å². The largest absolute Gasteiger partial charge is 0.493 e. The number of carbonyl (C=O) groups is 1. The zero-order chi connectivity index (χ0) is 16.1. The molecule has 23 heavy (non-hydrogen) atoms. The third-order valence-electron chi connectivity index (χ3n) is 3.91. The van der Waals surface area contributed by atoms with Crippen LogP contribution in [0.3, 0.4) is 0 Å². The number of hydrogen-bond acceptors (Lipinski definition) is 3. The summed E-state index contributed by atoms with van der Waals surface area (Å²) in [5, 5.41) is 2.92. The average Bonchev–Trinajstić information content (AvgIpc) is 3.27. The molecule has 0 saturated heterocycles. The minimum absolute atomic E-state index is 0. The van der Waals surface area contributed by atoms with E-state index in [0.717, 1.165) is 23.5 Å². The van der Waals surface area contributed by atoms with Gasteiger partial charge in [0.05, 0.1) is 12.6 Å². The Morgan fingerprint density at radius 1 is 1.39 bits per heavy atom. The summed E-state index contributed by atoms with van der Waals surface area (Å²) in [6, 6.07) is 5.66. The molecule has 0 heterocycles. The molecule has 1 aromatic carbocycles. The van der Waals surface area contributed by atoms with Gasteiger partial charge in [0, 0.05) is 12.1 Å². The Morgan fingerprint density at radius 2 is 2.09 bits per heavy atom. The molecule has 0 aromatic heterocycles. The summed E-state index contributed by atoms with van der Waals surface area (Å²) in [6.07, 6.45) is 3.23. The molecule has 4 nitrogen and oxygen atoms in total. The van der Waals surface area contributed by atoms with Crippen molar-refractivity contribution in [3.63, 3.8) is 0 Å². The molecule has 1 aromatic rings. The van der Waals surface area contributed by atoms with E-state index in [2.05, 4.69) is 19.2 Å². The van der Waals surface area contributed by atoms with Crippen molar-refractivity contribution >= 4 is 18.3 Å². The molecule has 1 aliphatic carbocycles. The van der Waals surface area contributed by atoms with Crippen molar-refractivity contribution in [3.8, 4) is 5.75 Å². The van der Waals surface area contributed by atoms with Crippen LogP contribution in [0.5, 0.6) is 5.75 Å². The van der Waals surface area contributed by atoms with Crippen molar-refractivity contribution in [3.05, 3.63) is 29.3 Å². The van der Waals surface area contributed by atoms with Crippen molar-refractivity contribution in [2.24, 2.45) is 17.6 Å². The zero-order valence-corrected chi connectivity index (χ0v) is 15.1. The van der Waals surface area contributed by atoms with Gasteiger partial charge in [-0.25, -0.2) is 0 Å². The molecule has 0 aliphatic heterocycles. The van der Waals surface area contributed by atoms with Gasteiger partial charge >= 0.3 is 0 Å². The SMILES string of the molecule is Cc1ccc(CNC(=O)[C@@H](N)CC(C)C)c(OCC2CC2)c1.Cl. The summed E-state index contributed by atoms with van der Waals surface area (Å²) in [6.45, 7) is 7.42. The fraction of sp³-hybridized carbons (Fsp3) is 0.611. The Balaban J connectivity index is 0.00000264. The van der Waals surface area contributed by atoms with E-state index < -0.39 is 6.04 Å². The van der Waals surface area contributed by atoms with Gasteiger partial charge in [-0.1, -0.05) is 26.0 Å². The number of nitrogens with one attached hydrogen (secondary N) is 1.